The monoisotopic (exact) mass is 274 g/mol. The van der Waals surface area contributed by atoms with Gasteiger partial charge in [0.1, 0.15) is 11.5 Å². The van der Waals surface area contributed by atoms with E-state index in [2.05, 4.69) is 5.32 Å². The minimum Gasteiger partial charge on any atom is -0.496 e. The number of methoxy groups -OCH3 is 1. The molecular weight excluding hydrogens is 256 g/mol. The first kappa shape index (κ1) is 14.0. The first-order valence-electron chi connectivity index (χ1n) is 6.43. The lowest BCUT2D eigenvalue weighted by Gasteiger charge is -2.10. The van der Waals surface area contributed by atoms with Crippen LogP contribution < -0.4 is 15.8 Å². The van der Waals surface area contributed by atoms with Crippen molar-refractivity contribution in [2.75, 3.05) is 12.8 Å². The number of nitrogens with two attached hydrogens (primary N) is 1. The fourth-order valence-corrected chi connectivity index (χ4v) is 1.89. The lowest BCUT2D eigenvalue weighted by molar-refractivity contribution is 0.0921. The van der Waals surface area contributed by atoms with Crippen LogP contribution in [0.5, 0.6) is 5.75 Å². The summed E-state index contributed by atoms with van der Waals surface area (Å²) in [5.41, 5.74) is 7.18. The summed E-state index contributed by atoms with van der Waals surface area (Å²) in [4.78, 5) is 12.0. The number of benzene rings is 1. The van der Waals surface area contributed by atoms with E-state index in [1.807, 2.05) is 6.92 Å². The van der Waals surface area contributed by atoms with Gasteiger partial charge in [-0.25, -0.2) is 0 Å². The van der Waals surface area contributed by atoms with E-state index in [0.29, 0.717) is 23.7 Å². The van der Waals surface area contributed by atoms with Gasteiger partial charge < -0.3 is 20.2 Å². The molecule has 0 bridgehead atoms. The van der Waals surface area contributed by atoms with Crippen LogP contribution in [-0.2, 0) is 13.0 Å². The first-order chi connectivity index (χ1) is 9.63. The molecule has 5 heteroatoms. The molecule has 2 aromatic rings. The summed E-state index contributed by atoms with van der Waals surface area (Å²) in [6.45, 7) is 2.30. The largest absolute Gasteiger partial charge is 0.496 e. The van der Waals surface area contributed by atoms with Gasteiger partial charge in [0, 0.05) is 24.2 Å². The second-order valence-electron chi connectivity index (χ2n) is 4.37. The maximum atomic E-state index is 12.0. The number of amides is 1. The van der Waals surface area contributed by atoms with Gasteiger partial charge >= 0.3 is 0 Å². The van der Waals surface area contributed by atoms with Crippen molar-refractivity contribution >= 4 is 11.6 Å². The highest BCUT2D eigenvalue weighted by atomic mass is 16.5. The number of nitrogens with one attached hydrogen (secondary N) is 1. The molecule has 0 unspecified atom stereocenters. The zero-order chi connectivity index (χ0) is 14.5. The number of hydrogen-bond acceptors (Lipinski definition) is 4. The molecule has 0 fully saturated rings. The standard InChI is InChI=1S/C15H18N2O3/c1-3-12-5-7-14(20-12)15(18)17-9-10-8-11(16)4-6-13(10)19-2/h4-8H,3,9,16H2,1-2H3,(H,17,18). The molecule has 106 valence electrons. The smallest absolute Gasteiger partial charge is 0.287 e. The van der Waals surface area contributed by atoms with Crippen molar-refractivity contribution in [2.45, 2.75) is 19.9 Å². The lowest BCUT2D eigenvalue weighted by atomic mass is 10.1. The molecule has 0 radical (unpaired) electrons. The molecule has 1 aromatic carbocycles. The van der Waals surface area contributed by atoms with E-state index in [-0.39, 0.29) is 5.91 Å². The predicted molar refractivity (Wildman–Crippen MR) is 76.7 cm³/mol. The van der Waals surface area contributed by atoms with Gasteiger partial charge in [-0.3, -0.25) is 4.79 Å². The SMILES string of the molecule is CCc1ccc(C(=O)NCc2cc(N)ccc2OC)o1. The number of carbonyl (C=O) groups excluding carboxylic acids is 1. The quantitative estimate of drug-likeness (QED) is 0.820. The highest BCUT2D eigenvalue weighted by Crippen LogP contribution is 2.21. The summed E-state index contributed by atoms with van der Waals surface area (Å²) < 4.78 is 10.6. The zero-order valence-corrected chi connectivity index (χ0v) is 11.6. The van der Waals surface area contributed by atoms with Gasteiger partial charge in [0.2, 0.25) is 0 Å². The summed E-state index contributed by atoms with van der Waals surface area (Å²) in [7, 11) is 1.58. The van der Waals surface area contributed by atoms with Gasteiger partial charge in [0.05, 0.1) is 7.11 Å². The molecule has 5 nitrogen and oxygen atoms in total. The minimum atomic E-state index is -0.255. The van der Waals surface area contributed by atoms with E-state index in [9.17, 15) is 4.79 Å². The third-order valence-electron chi connectivity index (χ3n) is 2.98. The summed E-state index contributed by atoms with van der Waals surface area (Å²) in [6, 6.07) is 8.78. The van der Waals surface area contributed by atoms with Crippen LogP contribution in [-0.4, -0.2) is 13.0 Å². The first-order valence-corrected chi connectivity index (χ1v) is 6.43. The molecule has 1 amide bonds. The van der Waals surface area contributed by atoms with Crippen molar-refractivity contribution in [3.63, 3.8) is 0 Å². The van der Waals surface area contributed by atoms with Crippen molar-refractivity contribution in [2.24, 2.45) is 0 Å². The number of anilines is 1. The second-order valence-corrected chi connectivity index (χ2v) is 4.37. The Morgan fingerprint density at radius 1 is 1.35 bits per heavy atom. The van der Waals surface area contributed by atoms with Crippen LogP contribution in [0.2, 0.25) is 0 Å². The average Bonchev–Trinajstić information content (AvgIpc) is 2.94. The number of nitrogen functional groups attached to an aromatic ring is 1. The number of furan rings is 1. The third kappa shape index (κ3) is 3.12. The van der Waals surface area contributed by atoms with Crippen LogP contribution >= 0.6 is 0 Å². The Morgan fingerprint density at radius 3 is 2.80 bits per heavy atom. The molecule has 3 N–H and O–H groups in total. The van der Waals surface area contributed by atoms with Crippen LogP contribution in [0.25, 0.3) is 0 Å². The maximum Gasteiger partial charge on any atom is 0.287 e. The van der Waals surface area contributed by atoms with E-state index in [4.69, 9.17) is 14.9 Å². The molecule has 0 aliphatic rings. The topological polar surface area (TPSA) is 77.5 Å². The van der Waals surface area contributed by atoms with Gasteiger partial charge in [0.25, 0.3) is 5.91 Å². The average molecular weight is 274 g/mol. The van der Waals surface area contributed by atoms with Crippen LogP contribution in [0.15, 0.2) is 34.7 Å². The van der Waals surface area contributed by atoms with Crippen molar-refractivity contribution < 1.29 is 13.9 Å². The molecule has 1 aromatic heterocycles. The van der Waals surface area contributed by atoms with Crippen molar-refractivity contribution in [1.82, 2.24) is 5.32 Å². The molecule has 0 aliphatic heterocycles. The maximum absolute atomic E-state index is 12.0. The number of hydrogen-bond donors (Lipinski definition) is 2. The lowest BCUT2D eigenvalue weighted by Crippen LogP contribution is -2.22. The Hall–Kier alpha value is -2.43. The molecule has 0 saturated heterocycles. The van der Waals surface area contributed by atoms with E-state index in [0.717, 1.165) is 17.7 Å². The Labute approximate surface area is 117 Å². The second kappa shape index (κ2) is 6.14. The molecule has 1 heterocycles. The molecule has 0 aliphatic carbocycles. The molecule has 0 saturated carbocycles. The van der Waals surface area contributed by atoms with Gasteiger partial charge in [-0.2, -0.15) is 0 Å². The van der Waals surface area contributed by atoms with Gasteiger partial charge in [-0.1, -0.05) is 6.92 Å². The van der Waals surface area contributed by atoms with E-state index in [1.54, 1.807) is 37.4 Å². The van der Waals surface area contributed by atoms with E-state index >= 15 is 0 Å². The van der Waals surface area contributed by atoms with E-state index < -0.39 is 0 Å². The van der Waals surface area contributed by atoms with Crippen LogP contribution in [0, 0.1) is 0 Å². The Morgan fingerprint density at radius 2 is 2.15 bits per heavy atom. The highest BCUT2D eigenvalue weighted by molar-refractivity contribution is 5.91. The molecule has 0 atom stereocenters. The van der Waals surface area contributed by atoms with Crippen molar-refractivity contribution in [3.05, 3.63) is 47.4 Å². The fraction of sp³-hybridized carbons (Fsp3) is 0.267. The number of carbonyl (C=O) groups is 1. The summed E-state index contributed by atoms with van der Waals surface area (Å²) in [5, 5.41) is 2.79. The number of ether oxygens (including phenoxy) is 1. The van der Waals surface area contributed by atoms with Gasteiger partial charge in [-0.05, 0) is 30.3 Å². The molecule has 0 spiro atoms. The Kier molecular flexibility index (Phi) is 4.30. The third-order valence-corrected chi connectivity index (χ3v) is 2.98. The predicted octanol–water partition coefficient (Wildman–Crippen LogP) is 2.36. The van der Waals surface area contributed by atoms with Crippen LogP contribution in [0.4, 0.5) is 5.69 Å². The Balaban J connectivity index is 2.04. The van der Waals surface area contributed by atoms with Crippen LogP contribution in [0.1, 0.15) is 28.8 Å². The van der Waals surface area contributed by atoms with E-state index in [1.165, 1.54) is 0 Å². The zero-order valence-electron chi connectivity index (χ0n) is 11.6. The highest BCUT2D eigenvalue weighted by Gasteiger charge is 2.11. The summed E-state index contributed by atoms with van der Waals surface area (Å²) in [5.74, 6) is 1.53. The normalized spacial score (nSPS) is 10.3. The van der Waals surface area contributed by atoms with Crippen molar-refractivity contribution in [3.8, 4) is 5.75 Å². The summed E-state index contributed by atoms with van der Waals surface area (Å²) >= 11 is 0. The molecule has 2 rings (SSSR count). The van der Waals surface area contributed by atoms with Crippen molar-refractivity contribution in [1.29, 1.82) is 0 Å². The summed E-state index contributed by atoms with van der Waals surface area (Å²) in [6.07, 6.45) is 0.760. The number of aryl methyl sites for hydroxylation is 1. The number of rotatable bonds is 5. The molecular formula is C15H18N2O3. The van der Waals surface area contributed by atoms with Gasteiger partial charge in [-0.15, -0.1) is 0 Å². The van der Waals surface area contributed by atoms with Crippen LogP contribution in [0.3, 0.4) is 0 Å². The Bertz CT molecular complexity index is 605. The fourth-order valence-electron chi connectivity index (χ4n) is 1.89. The molecule has 20 heavy (non-hydrogen) atoms. The van der Waals surface area contributed by atoms with Gasteiger partial charge in [0.15, 0.2) is 5.76 Å². The minimum absolute atomic E-state index is 0.255.